The van der Waals surface area contributed by atoms with Crippen LogP contribution >= 0.6 is 0 Å². The van der Waals surface area contributed by atoms with Gasteiger partial charge in [0.25, 0.3) is 0 Å². The number of aryl methyl sites for hydroxylation is 1. The van der Waals surface area contributed by atoms with Crippen LogP contribution in [0.2, 0.25) is 0 Å². The number of para-hydroxylation sites is 1. The zero-order valence-corrected chi connectivity index (χ0v) is 13.7. The monoisotopic (exact) mass is 323 g/mol. The van der Waals surface area contributed by atoms with Gasteiger partial charge in [-0.3, -0.25) is 4.79 Å². The highest BCUT2D eigenvalue weighted by Crippen LogP contribution is 2.33. The minimum atomic E-state index is -0.0219. The number of nitriles is 1. The molecule has 6 nitrogen and oxygen atoms in total. The Morgan fingerprint density at radius 3 is 2.88 bits per heavy atom. The molecule has 6 heteroatoms. The van der Waals surface area contributed by atoms with Crippen LogP contribution in [0.15, 0.2) is 24.3 Å². The van der Waals surface area contributed by atoms with Gasteiger partial charge in [0, 0.05) is 31.6 Å². The average Bonchev–Trinajstić information content (AvgIpc) is 3.08. The summed E-state index contributed by atoms with van der Waals surface area (Å²) in [7, 11) is 2.00. The zero-order chi connectivity index (χ0) is 16.7. The molecule has 0 spiro atoms. The van der Waals surface area contributed by atoms with Crippen LogP contribution in [0.5, 0.6) is 0 Å². The molecule has 124 valence electrons. The van der Waals surface area contributed by atoms with E-state index in [4.69, 9.17) is 0 Å². The third-order valence-electron chi connectivity index (χ3n) is 5.16. The molecule has 4 rings (SSSR count). The third kappa shape index (κ3) is 2.33. The first-order valence-electron chi connectivity index (χ1n) is 8.45. The van der Waals surface area contributed by atoms with Crippen LogP contribution < -0.4 is 15.5 Å². The van der Waals surface area contributed by atoms with E-state index in [9.17, 15) is 10.1 Å². The minimum absolute atomic E-state index is 0.0219. The van der Waals surface area contributed by atoms with Crippen LogP contribution in [-0.4, -0.2) is 42.2 Å². The van der Waals surface area contributed by atoms with Crippen LogP contribution in [0.25, 0.3) is 10.9 Å². The summed E-state index contributed by atoms with van der Waals surface area (Å²) >= 11 is 0. The van der Waals surface area contributed by atoms with Crippen molar-refractivity contribution in [3.63, 3.8) is 0 Å². The number of rotatable bonds is 3. The predicted molar refractivity (Wildman–Crippen MR) is 92.8 cm³/mol. The molecule has 1 unspecified atom stereocenters. The Labute approximate surface area is 141 Å². The molecule has 0 aliphatic carbocycles. The van der Waals surface area contributed by atoms with E-state index in [1.165, 1.54) is 0 Å². The number of anilines is 1. The highest BCUT2D eigenvalue weighted by molar-refractivity contribution is 5.93. The number of nitrogens with one attached hydrogen (secondary N) is 2. The maximum absolute atomic E-state index is 12.1. The molecule has 0 bridgehead atoms. The van der Waals surface area contributed by atoms with Crippen molar-refractivity contribution in [1.82, 2.24) is 15.2 Å². The SMILES string of the molecule is Cn1c(N2CCC(NC(=O)[C@@H]3CCN3)C2)c(C#N)c2ccccc21. The van der Waals surface area contributed by atoms with Gasteiger partial charge in [-0.1, -0.05) is 18.2 Å². The van der Waals surface area contributed by atoms with Crippen LogP contribution in [0.1, 0.15) is 18.4 Å². The van der Waals surface area contributed by atoms with Crippen LogP contribution in [0.3, 0.4) is 0 Å². The largest absolute Gasteiger partial charge is 0.355 e. The maximum atomic E-state index is 12.1. The molecule has 2 aliphatic rings. The lowest BCUT2D eigenvalue weighted by Crippen LogP contribution is -2.55. The van der Waals surface area contributed by atoms with Crippen LogP contribution in [0.4, 0.5) is 5.82 Å². The number of fused-ring (bicyclic) bond motifs is 1. The average molecular weight is 323 g/mol. The molecule has 2 fully saturated rings. The molecule has 0 radical (unpaired) electrons. The maximum Gasteiger partial charge on any atom is 0.237 e. The summed E-state index contributed by atoms with van der Waals surface area (Å²) in [5.74, 6) is 1.06. The fraction of sp³-hybridized carbons (Fsp3) is 0.444. The normalized spacial score (nSPS) is 23.1. The Morgan fingerprint density at radius 1 is 1.38 bits per heavy atom. The molecule has 2 aromatic rings. The fourth-order valence-corrected chi connectivity index (χ4v) is 3.74. The smallest absolute Gasteiger partial charge is 0.237 e. The molecular formula is C18H21N5O. The topological polar surface area (TPSA) is 73.1 Å². The highest BCUT2D eigenvalue weighted by atomic mass is 16.2. The summed E-state index contributed by atoms with van der Waals surface area (Å²) in [5, 5.41) is 16.9. The Hall–Kier alpha value is -2.52. The fourth-order valence-electron chi connectivity index (χ4n) is 3.74. The van der Waals surface area contributed by atoms with Gasteiger partial charge in [-0.25, -0.2) is 0 Å². The molecule has 24 heavy (non-hydrogen) atoms. The summed E-state index contributed by atoms with van der Waals surface area (Å²) in [6.07, 6.45) is 1.83. The quantitative estimate of drug-likeness (QED) is 0.887. The lowest BCUT2D eigenvalue weighted by Gasteiger charge is -2.28. The zero-order valence-electron chi connectivity index (χ0n) is 13.7. The summed E-state index contributed by atoms with van der Waals surface area (Å²) in [6.45, 7) is 2.52. The molecule has 1 aromatic heterocycles. The number of hydrogen-bond donors (Lipinski definition) is 2. The summed E-state index contributed by atoms with van der Waals surface area (Å²) in [5.41, 5.74) is 1.79. The lowest BCUT2D eigenvalue weighted by molar-refractivity contribution is -0.125. The van der Waals surface area contributed by atoms with Gasteiger partial charge in [-0.05, 0) is 25.5 Å². The van der Waals surface area contributed by atoms with Gasteiger partial charge in [0.2, 0.25) is 5.91 Å². The second-order valence-electron chi connectivity index (χ2n) is 6.62. The number of nitrogens with zero attached hydrogens (tertiary/aromatic N) is 3. The van der Waals surface area contributed by atoms with Gasteiger partial charge >= 0.3 is 0 Å². The first-order chi connectivity index (χ1) is 11.7. The third-order valence-corrected chi connectivity index (χ3v) is 5.16. The van der Waals surface area contributed by atoms with Crippen LogP contribution in [0, 0.1) is 11.3 Å². The number of amides is 1. The molecule has 1 aromatic carbocycles. The Morgan fingerprint density at radius 2 is 2.17 bits per heavy atom. The molecule has 2 atom stereocenters. The number of benzene rings is 1. The Bertz CT molecular complexity index is 830. The van der Waals surface area contributed by atoms with Gasteiger partial charge < -0.3 is 20.1 Å². The van der Waals surface area contributed by atoms with Crippen molar-refractivity contribution in [1.29, 1.82) is 5.26 Å². The molecule has 2 aliphatic heterocycles. The predicted octanol–water partition coefficient (Wildman–Crippen LogP) is 1.11. The molecule has 2 saturated heterocycles. The number of hydrogen-bond acceptors (Lipinski definition) is 4. The van der Waals surface area contributed by atoms with Crippen molar-refractivity contribution in [3.8, 4) is 6.07 Å². The molecular weight excluding hydrogens is 302 g/mol. The van der Waals surface area contributed by atoms with Crippen molar-refractivity contribution in [2.24, 2.45) is 7.05 Å². The van der Waals surface area contributed by atoms with E-state index in [2.05, 4.69) is 26.2 Å². The van der Waals surface area contributed by atoms with Gasteiger partial charge in [0.1, 0.15) is 17.5 Å². The minimum Gasteiger partial charge on any atom is -0.355 e. The van der Waals surface area contributed by atoms with Gasteiger partial charge in [-0.2, -0.15) is 5.26 Å². The number of carbonyl (C=O) groups is 1. The van der Waals surface area contributed by atoms with Crippen molar-refractivity contribution in [2.75, 3.05) is 24.5 Å². The standard InChI is InChI=1S/C18H21N5O/c1-22-16-5-3-2-4-13(16)14(10-19)18(22)23-9-7-12(11-23)21-17(24)15-6-8-20-15/h2-5,12,15,20H,6-9,11H2,1H3,(H,21,24)/t12?,15-/m0/s1. The van der Waals surface area contributed by atoms with Crippen molar-refractivity contribution in [3.05, 3.63) is 29.8 Å². The van der Waals surface area contributed by atoms with E-state index in [1.54, 1.807) is 0 Å². The Kier molecular flexibility index (Phi) is 3.66. The van der Waals surface area contributed by atoms with Crippen molar-refractivity contribution >= 4 is 22.6 Å². The Balaban J connectivity index is 1.57. The van der Waals surface area contributed by atoms with Gasteiger partial charge in [0.15, 0.2) is 0 Å². The number of aromatic nitrogens is 1. The first kappa shape index (κ1) is 15.0. The van der Waals surface area contributed by atoms with E-state index >= 15 is 0 Å². The van der Waals surface area contributed by atoms with Gasteiger partial charge in [0.05, 0.1) is 11.6 Å². The van der Waals surface area contributed by atoms with E-state index in [-0.39, 0.29) is 18.0 Å². The summed E-state index contributed by atoms with van der Waals surface area (Å²) in [4.78, 5) is 14.3. The van der Waals surface area contributed by atoms with E-state index in [1.807, 2.05) is 31.3 Å². The van der Waals surface area contributed by atoms with Gasteiger partial charge in [-0.15, -0.1) is 0 Å². The molecule has 3 heterocycles. The molecule has 0 saturated carbocycles. The lowest BCUT2D eigenvalue weighted by atomic mass is 10.1. The second-order valence-corrected chi connectivity index (χ2v) is 6.62. The number of carbonyl (C=O) groups excluding carboxylic acids is 1. The first-order valence-corrected chi connectivity index (χ1v) is 8.45. The summed E-state index contributed by atoms with van der Waals surface area (Å²) < 4.78 is 2.09. The highest BCUT2D eigenvalue weighted by Gasteiger charge is 2.31. The summed E-state index contributed by atoms with van der Waals surface area (Å²) in [6, 6.07) is 10.5. The molecule has 2 N–H and O–H groups in total. The van der Waals surface area contributed by atoms with Crippen LogP contribution in [-0.2, 0) is 11.8 Å². The van der Waals surface area contributed by atoms with E-state index < -0.39 is 0 Å². The van der Waals surface area contributed by atoms with Crippen molar-refractivity contribution < 1.29 is 4.79 Å². The molecule has 1 amide bonds. The van der Waals surface area contributed by atoms with E-state index in [0.717, 1.165) is 54.8 Å². The van der Waals surface area contributed by atoms with E-state index in [0.29, 0.717) is 0 Å². The van der Waals surface area contributed by atoms with Crippen molar-refractivity contribution in [2.45, 2.75) is 24.9 Å². The second kappa shape index (κ2) is 5.84.